The number of hydrogen-bond donors (Lipinski definition) is 1. The largest absolute Gasteiger partial charge is 0.369 e. The zero-order valence-corrected chi connectivity index (χ0v) is 23.0. The molecule has 2 aromatic carbocycles. The van der Waals surface area contributed by atoms with Crippen LogP contribution in [-0.2, 0) is 17.8 Å². The Bertz CT molecular complexity index is 1110. The van der Waals surface area contributed by atoms with Crippen LogP contribution in [0.1, 0.15) is 47.2 Å². The molecule has 8 heteroatoms. The number of hydrogen-bond acceptors (Lipinski definition) is 4. The second kappa shape index (κ2) is 12.8. The number of rotatable bonds is 11. The van der Waals surface area contributed by atoms with Gasteiger partial charge in [-0.25, -0.2) is 0 Å². The molecule has 2 aliphatic rings. The lowest BCUT2D eigenvalue weighted by Gasteiger charge is -2.36. The Morgan fingerprint density at radius 1 is 1.11 bits per heavy atom. The Balaban J connectivity index is 1.28. The van der Waals surface area contributed by atoms with Gasteiger partial charge in [-0.15, -0.1) is 6.58 Å². The number of halogens is 2. The zero-order valence-electron chi connectivity index (χ0n) is 21.5. The minimum absolute atomic E-state index is 0.0478. The van der Waals surface area contributed by atoms with Crippen LogP contribution < -0.4 is 10.2 Å². The number of allylic oxidation sites excluding steroid dienone is 1. The van der Waals surface area contributed by atoms with Crippen molar-refractivity contribution in [1.82, 2.24) is 15.1 Å². The third-order valence-electron chi connectivity index (χ3n) is 7.42. The van der Waals surface area contributed by atoms with E-state index in [-0.39, 0.29) is 11.8 Å². The van der Waals surface area contributed by atoms with E-state index in [1.54, 1.807) is 24.1 Å². The van der Waals surface area contributed by atoms with E-state index in [1.807, 2.05) is 24.3 Å². The molecule has 2 amide bonds. The van der Waals surface area contributed by atoms with Crippen molar-refractivity contribution < 1.29 is 9.59 Å². The third kappa shape index (κ3) is 6.67. The van der Waals surface area contributed by atoms with Crippen LogP contribution in [0.4, 0.5) is 5.69 Å². The number of benzene rings is 2. The summed E-state index contributed by atoms with van der Waals surface area (Å²) in [5.74, 6) is -0.170. The molecule has 4 rings (SSSR count). The zero-order chi connectivity index (χ0) is 26.4. The van der Waals surface area contributed by atoms with E-state index >= 15 is 0 Å². The van der Waals surface area contributed by atoms with Gasteiger partial charge >= 0.3 is 0 Å². The number of nitrogens with zero attached hydrogens (tertiary/aromatic N) is 3. The summed E-state index contributed by atoms with van der Waals surface area (Å²) in [6.45, 7) is 9.26. The van der Waals surface area contributed by atoms with E-state index in [0.717, 1.165) is 68.8 Å². The van der Waals surface area contributed by atoms with E-state index in [0.29, 0.717) is 29.4 Å². The molecule has 37 heavy (non-hydrogen) atoms. The molecule has 2 heterocycles. The van der Waals surface area contributed by atoms with Crippen LogP contribution in [0.3, 0.4) is 0 Å². The molecule has 0 aliphatic carbocycles. The van der Waals surface area contributed by atoms with Crippen molar-refractivity contribution in [3.05, 3.63) is 75.8 Å². The highest BCUT2D eigenvalue weighted by molar-refractivity contribution is 6.35. The fraction of sp³-hybridized carbons (Fsp3) is 0.448. The minimum atomic E-state index is -0.475. The molecule has 6 nitrogen and oxygen atoms in total. The second-order valence-corrected chi connectivity index (χ2v) is 10.7. The lowest BCUT2D eigenvalue weighted by atomic mass is 9.98. The smallest absolute Gasteiger partial charge is 0.255 e. The quantitative estimate of drug-likeness (QED) is 0.314. The maximum atomic E-state index is 13.2. The maximum Gasteiger partial charge on any atom is 0.255 e. The molecule has 2 aliphatic heterocycles. The molecular weight excluding hydrogens is 507 g/mol. The predicted molar refractivity (Wildman–Crippen MR) is 152 cm³/mol. The standard InChI is InChI=1S/C29H36Cl2N4O2/c1-3-4-11-27(28(36)32-2)35-20-26-21(9-7-10-25(26)29(35)37)8-5-6-12-33-13-15-34(16-14-33)24-18-22(30)17-23(31)19-24/h3,7,9-10,17-19,27H,1,4-6,8,11-16,20H2,2H3,(H,32,36). The van der Waals surface area contributed by atoms with Gasteiger partial charge in [-0.05, 0) is 74.0 Å². The first-order chi connectivity index (χ1) is 17.9. The highest BCUT2D eigenvalue weighted by Gasteiger charge is 2.36. The maximum absolute atomic E-state index is 13.2. The van der Waals surface area contributed by atoms with E-state index in [9.17, 15) is 9.59 Å². The van der Waals surface area contributed by atoms with Gasteiger partial charge in [-0.3, -0.25) is 14.5 Å². The SMILES string of the molecule is C=CCCC(C(=O)NC)N1Cc2c(CCCCN3CCN(c4cc(Cl)cc(Cl)c4)CC3)cccc2C1=O. The number of carbonyl (C=O) groups excluding carboxylic acids is 2. The molecule has 0 bridgehead atoms. The summed E-state index contributed by atoms with van der Waals surface area (Å²) in [4.78, 5) is 32.3. The molecule has 1 N–H and O–H groups in total. The number of fused-ring (bicyclic) bond motifs is 1. The fourth-order valence-corrected chi connectivity index (χ4v) is 5.89. The first-order valence-electron chi connectivity index (χ1n) is 13.1. The average Bonchev–Trinajstić information content (AvgIpc) is 3.23. The van der Waals surface area contributed by atoms with Crippen LogP contribution in [-0.4, -0.2) is 67.4 Å². The van der Waals surface area contributed by atoms with Crippen molar-refractivity contribution in [2.24, 2.45) is 0 Å². The number of anilines is 1. The number of unbranched alkanes of at least 4 members (excludes halogenated alkanes) is 1. The van der Waals surface area contributed by atoms with Crippen molar-refractivity contribution in [1.29, 1.82) is 0 Å². The third-order valence-corrected chi connectivity index (χ3v) is 7.85. The van der Waals surface area contributed by atoms with Gasteiger partial charge in [0, 0.05) is 61.1 Å². The lowest BCUT2D eigenvalue weighted by molar-refractivity contribution is -0.125. The number of aryl methyl sites for hydroxylation is 1. The Kier molecular flexibility index (Phi) is 9.52. The van der Waals surface area contributed by atoms with E-state index in [1.165, 1.54) is 5.56 Å². The van der Waals surface area contributed by atoms with Gasteiger partial charge in [0.25, 0.3) is 5.91 Å². The molecule has 0 radical (unpaired) electrons. The Morgan fingerprint density at radius 2 is 1.84 bits per heavy atom. The van der Waals surface area contributed by atoms with Crippen molar-refractivity contribution in [2.75, 3.05) is 44.7 Å². The summed E-state index contributed by atoms with van der Waals surface area (Å²) in [6, 6.07) is 11.2. The van der Waals surface area contributed by atoms with Gasteiger partial charge in [0.1, 0.15) is 6.04 Å². The number of likely N-dealkylation sites (N-methyl/N-ethyl adjacent to an activating group) is 1. The molecule has 2 aromatic rings. The van der Waals surface area contributed by atoms with Gasteiger partial charge in [0.05, 0.1) is 0 Å². The minimum Gasteiger partial charge on any atom is -0.369 e. The van der Waals surface area contributed by atoms with Crippen molar-refractivity contribution >= 4 is 40.7 Å². The van der Waals surface area contributed by atoms with Crippen LogP contribution in [0.25, 0.3) is 0 Å². The second-order valence-electron chi connectivity index (χ2n) is 9.79. The molecular formula is C29H36Cl2N4O2. The first-order valence-corrected chi connectivity index (χ1v) is 13.8. The molecule has 1 saturated heterocycles. The Morgan fingerprint density at radius 3 is 2.51 bits per heavy atom. The number of amides is 2. The molecule has 0 spiro atoms. The first kappa shape index (κ1) is 27.5. The van der Waals surface area contributed by atoms with Crippen molar-refractivity contribution in [2.45, 2.75) is 44.7 Å². The monoisotopic (exact) mass is 542 g/mol. The van der Waals surface area contributed by atoms with Gasteiger partial charge in [0.15, 0.2) is 0 Å². The molecule has 1 unspecified atom stereocenters. The summed E-state index contributed by atoms with van der Waals surface area (Å²) in [5.41, 5.74) is 4.12. The van der Waals surface area contributed by atoms with Gasteiger partial charge in [-0.2, -0.15) is 0 Å². The van der Waals surface area contributed by atoms with Crippen molar-refractivity contribution in [3.8, 4) is 0 Å². The fourth-order valence-electron chi connectivity index (χ4n) is 5.38. The average molecular weight is 544 g/mol. The number of carbonyl (C=O) groups is 2. The molecule has 1 atom stereocenters. The van der Waals surface area contributed by atoms with E-state index < -0.39 is 6.04 Å². The summed E-state index contributed by atoms with van der Waals surface area (Å²) in [7, 11) is 1.62. The topological polar surface area (TPSA) is 55.9 Å². The van der Waals surface area contributed by atoms with Crippen LogP contribution in [0.15, 0.2) is 49.1 Å². The summed E-state index contributed by atoms with van der Waals surface area (Å²) in [5, 5.41) is 4.06. The van der Waals surface area contributed by atoms with Crippen LogP contribution in [0.5, 0.6) is 0 Å². The highest BCUT2D eigenvalue weighted by Crippen LogP contribution is 2.30. The molecule has 0 saturated carbocycles. The summed E-state index contributed by atoms with van der Waals surface area (Å²) < 4.78 is 0. The van der Waals surface area contributed by atoms with E-state index in [2.05, 4.69) is 27.8 Å². The number of piperazine rings is 1. The molecule has 198 valence electrons. The van der Waals surface area contributed by atoms with Crippen molar-refractivity contribution in [3.63, 3.8) is 0 Å². The molecule has 1 fully saturated rings. The molecule has 0 aromatic heterocycles. The summed E-state index contributed by atoms with van der Waals surface area (Å²) >= 11 is 12.4. The highest BCUT2D eigenvalue weighted by atomic mass is 35.5. The number of nitrogens with one attached hydrogen (secondary N) is 1. The summed E-state index contributed by atoms with van der Waals surface area (Å²) in [6.07, 6.45) is 6.15. The van der Waals surface area contributed by atoms with Crippen LogP contribution in [0, 0.1) is 0 Å². The lowest BCUT2D eigenvalue weighted by Crippen LogP contribution is -2.46. The Labute approximate surface area is 230 Å². The predicted octanol–water partition coefficient (Wildman–Crippen LogP) is 5.17. The normalized spacial score (nSPS) is 16.6. The Hall–Kier alpha value is -2.54. The van der Waals surface area contributed by atoms with Gasteiger partial charge in [-0.1, -0.05) is 41.4 Å². The van der Waals surface area contributed by atoms with E-state index in [4.69, 9.17) is 23.2 Å². The van der Waals surface area contributed by atoms with Gasteiger partial charge < -0.3 is 15.1 Å². The van der Waals surface area contributed by atoms with Gasteiger partial charge in [0.2, 0.25) is 5.91 Å². The van der Waals surface area contributed by atoms with Crippen LogP contribution >= 0.6 is 23.2 Å². The van der Waals surface area contributed by atoms with Crippen LogP contribution in [0.2, 0.25) is 10.0 Å².